The fourth-order valence-corrected chi connectivity index (χ4v) is 30.6. The van der Waals surface area contributed by atoms with E-state index >= 15 is 0 Å². The summed E-state index contributed by atoms with van der Waals surface area (Å²) in [5.74, 6) is 0. The largest absolute Gasteiger partial charge is 0.169 e. The first kappa shape index (κ1) is 16.9. The van der Waals surface area contributed by atoms with Crippen LogP contribution in [0.1, 0.15) is 13.3 Å². The molecule has 0 radical (unpaired) electrons. The van der Waals surface area contributed by atoms with Crippen molar-refractivity contribution in [3.8, 4) is 0 Å². The Kier molecular flexibility index (Phi) is 5.46. The van der Waals surface area contributed by atoms with Crippen molar-refractivity contribution in [1.29, 1.82) is 0 Å². The van der Waals surface area contributed by atoms with Crippen LogP contribution in [0.5, 0.6) is 0 Å². The molecular formula is C8H8Br4S6. The maximum absolute atomic E-state index is 3.95. The minimum Gasteiger partial charge on any atom is -0.106 e. The Hall–Kier alpha value is 4.02. The van der Waals surface area contributed by atoms with Crippen molar-refractivity contribution in [1.82, 2.24) is 0 Å². The second-order valence-electron chi connectivity index (χ2n) is 4.00. The van der Waals surface area contributed by atoms with Crippen LogP contribution >= 0.6 is 134 Å². The van der Waals surface area contributed by atoms with Crippen LogP contribution in [0.15, 0.2) is 0 Å². The predicted molar refractivity (Wildman–Crippen MR) is 111 cm³/mol. The van der Waals surface area contributed by atoms with Gasteiger partial charge in [0.25, 0.3) is 0 Å². The number of thioether (sulfide) groups is 6. The second kappa shape index (κ2) is 5.83. The Morgan fingerprint density at radius 1 is 1.00 bits per heavy atom. The molecule has 0 aliphatic carbocycles. The van der Waals surface area contributed by atoms with Gasteiger partial charge in [-0.1, -0.05) is 97.6 Å². The molecule has 104 valence electrons. The van der Waals surface area contributed by atoms with Crippen LogP contribution in [0.4, 0.5) is 0 Å². The van der Waals surface area contributed by atoms with Gasteiger partial charge in [0, 0.05) is 9.65 Å². The van der Waals surface area contributed by atoms with Gasteiger partial charge in [0.2, 0.25) is 0 Å². The highest BCUT2D eigenvalue weighted by molar-refractivity contribution is 9.21. The monoisotopic (exact) mass is 612 g/mol. The van der Waals surface area contributed by atoms with Crippen LogP contribution in [0.2, 0.25) is 0 Å². The molecule has 10 heteroatoms. The Balaban J connectivity index is 1.89. The lowest BCUT2D eigenvalue weighted by atomic mass is 10.3. The molecule has 0 saturated carbocycles. The van der Waals surface area contributed by atoms with Crippen LogP contribution in [0.25, 0.3) is 0 Å². The first-order chi connectivity index (χ1) is 8.24. The molecule has 4 fully saturated rings. The van der Waals surface area contributed by atoms with E-state index in [4.69, 9.17) is 0 Å². The molecule has 4 aliphatic heterocycles. The van der Waals surface area contributed by atoms with E-state index in [-0.39, 0.29) is 8.05 Å². The van der Waals surface area contributed by atoms with E-state index in [1.807, 2.05) is 35.3 Å². The molecule has 18 heavy (non-hydrogen) atoms. The van der Waals surface area contributed by atoms with Crippen LogP contribution in [0, 0.1) is 0 Å². The highest BCUT2D eigenvalue weighted by Gasteiger charge is 2.68. The molecular weight excluding hydrogens is 608 g/mol. The Morgan fingerprint density at radius 2 is 1.56 bits per heavy atom. The summed E-state index contributed by atoms with van der Waals surface area (Å²) < 4.78 is 1.01. The topological polar surface area (TPSA) is 0 Å². The molecule has 0 aromatic carbocycles. The summed E-state index contributed by atoms with van der Waals surface area (Å²) in [6.07, 6.45) is 1.14. The molecule has 4 bridgehead atoms. The van der Waals surface area contributed by atoms with Crippen molar-refractivity contribution in [2.45, 2.75) is 35.0 Å². The van der Waals surface area contributed by atoms with Gasteiger partial charge in [-0.15, -0.1) is 11.8 Å². The van der Waals surface area contributed by atoms with Gasteiger partial charge in [0.05, 0.1) is 0 Å². The van der Waals surface area contributed by atoms with E-state index in [2.05, 4.69) is 106 Å². The molecule has 4 unspecified atom stereocenters. The highest BCUT2D eigenvalue weighted by Crippen LogP contribution is 2.88. The molecule has 4 heterocycles. The molecule has 0 amide bonds. The Morgan fingerprint density at radius 3 is 2.00 bits per heavy atom. The summed E-state index contributed by atoms with van der Waals surface area (Å²) in [4.78, 5) is 1.04. The van der Waals surface area contributed by atoms with Crippen molar-refractivity contribution in [3.05, 3.63) is 0 Å². The standard InChI is InChI=1S/C8H8Br4S6/c1-3(9)2-4(10)6-13-5-14-7(11,16-6)18-8(12,15-5)17-6/h3-5H,2H2,1H3. The lowest BCUT2D eigenvalue weighted by Crippen LogP contribution is -2.48. The first-order valence-electron chi connectivity index (χ1n) is 5.04. The molecule has 0 aromatic rings. The molecule has 4 rings (SSSR count). The molecule has 0 aromatic heterocycles. The van der Waals surface area contributed by atoms with Crippen molar-refractivity contribution < 1.29 is 0 Å². The van der Waals surface area contributed by atoms with E-state index in [1.165, 1.54) is 0 Å². The van der Waals surface area contributed by atoms with Gasteiger partial charge in [-0.2, -0.15) is 0 Å². The van der Waals surface area contributed by atoms with Crippen LogP contribution < -0.4 is 0 Å². The number of halogens is 4. The fraction of sp³-hybridized carbons (Fsp3) is 1.00. The van der Waals surface area contributed by atoms with Crippen molar-refractivity contribution in [2.75, 3.05) is 0 Å². The second-order valence-corrected chi connectivity index (χ2v) is 23.8. The van der Waals surface area contributed by atoms with Gasteiger partial charge in [0.1, 0.15) is 7.33 Å². The van der Waals surface area contributed by atoms with Gasteiger partial charge in [-0.05, 0) is 38.3 Å². The molecule has 4 aliphatic rings. The minimum atomic E-state index is 0.102. The van der Waals surface area contributed by atoms with E-state index in [0.29, 0.717) is 13.6 Å². The highest BCUT2D eigenvalue weighted by atomic mass is 79.9. The van der Waals surface area contributed by atoms with Gasteiger partial charge < -0.3 is 0 Å². The zero-order chi connectivity index (χ0) is 13.2. The molecule has 0 N–H and O–H groups in total. The van der Waals surface area contributed by atoms with Gasteiger partial charge in [-0.3, -0.25) is 0 Å². The lowest BCUT2D eigenvalue weighted by molar-refractivity contribution is 0.795. The summed E-state index contributed by atoms with van der Waals surface area (Å²) in [6, 6.07) is 0. The summed E-state index contributed by atoms with van der Waals surface area (Å²) in [5, 5.41) is 0. The number of alkyl halides is 4. The Labute approximate surface area is 166 Å². The fourth-order valence-electron chi connectivity index (χ4n) is 1.76. The number of rotatable bonds is 3. The van der Waals surface area contributed by atoms with Gasteiger partial charge >= 0.3 is 0 Å². The summed E-state index contributed by atoms with van der Waals surface area (Å²) in [6.45, 7) is 2.22. The Bertz CT molecular complexity index is 349. The third kappa shape index (κ3) is 3.28. The number of hydrogen-bond donors (Lipinski definition) is 0. The van der Waals surface area contributed by atoms with Gasteiger partial charge in [-0.25, -0.2) is 0 Å². The summed E-state index contributed by atoms with van der Waals surface area (Å²) >= 11 is 27.8. The minimum absolute atomic E-state index is 0.102. The average molecular weight is 616 g/mol. The third-order valence-corrected chi connectivity index (χ3v) is 18.2. The van der Waals surface area contributed by atoms with E-state index in [9.17, 15) is 0 Å². The lowest BCUT2D eigenvalue weighted by Gasteiger charge is -2.60. The average Bonchev–Trinajstić information content (AvgIpc) is 2.09. The molecule has 0 spiro atoms. The van der Waals surface area contributed by atoms with Crippen molar-refractivity contribution >= 4 is 134 Å². The van der Waals surface area contributed by atoms with E-state index in [1.54, 1.807) is 0 Å². The van der Waals surface area contributed by atoms with Crippen LogP contribution in [-0.2, 0) is 0 Å². The van der Waals surface area contributed by atoms with Crippen molar-refractivity contribution in [3.63, 3.8) is 0 Å². The molecule has 0 nitrogen and oxygen atoms in total. The quantitative estimate of drug-likeness (QED) is 0.303. The first-order valence-corrected chi connectivity index (χ1v) is 13.5. The molecule has 4 atom stereocenters. The maximum atomic E-state index is 3.95. The normalized spacial score (nSPS) is 53.5. The van der Waals surface area contributed by atoms with Crippen molar-refractivity contribution in [2.24, 2.45) is 0 Å². The van der Waals surface area contributed by atoms with Crippen LogP contribution in [0.3, 0.4) is 0 Å². The maximum Gasteiger partial charge on any atom is 0.169 e. The smallest absolute Gasteiger partial charge is 0.106 e. The summed E-state index contributed by atoms with van der Waals surface area (Å²) in [7, 11) is 0. The summed E-state index contributed by atoms with van der Waals surface area (Å²) in [5.41, 5.74) is 0. The zero-order valence-electron chi connectivity index (χ0n) is 8.90. The van der Waals surface area contributed by atoms with Gasteiger partial charge in [0.15, 0.2) is 4.64 Å². The van der Waals surface area contributed by atoms with Crippen LogP contribution in [-0.4, -0.2) is 21.6 Å². The SMILES string of the molecule is CC(Br)CC(Br)C12SC3SC(Br)(SC(Br)(S3)S1)S2. The molecule has 4 saturated heterocycles. The predicted octanol–water partition coefficient (Wildman–Crippen LogP) is 7.31. The third-order valence-electron chi connectivity index (χ3n) is 2.42. The van der Waals surface area contributed by atoms with E-state index < -0.39 is 0 Å². The zero-order valence-corrected chi connectivity index (χ0v) is 20.1. The van der Waals surface area contributed by atoms with E-state index in [0.717, 1.165) is 6.42 Å². The number of hydrogen-bond acceptors (Lipinski definition) is 6.